The standard InChI is InChI=1S/C13H12S8/c1-6-7(2)17-10(16-6)11-20-12-13(21-11)19-9(18-12)8-14-4-3-5-15-8/h3-5H2,1-2H3. The Kier molecular flexibility index (Phi) is 5.37. The van der Waals surface area contributed by atoms with Crippen LogP contribution in [0.25, 0.3) is 0 Å². The van der Waals surface area contributed by atoms with Gasteiger partial charge in [0.25, 0.3) is 0 Å². The highest BCUT2D eigenvalue weighted by molar-refractivity contribution is 8.49. The quantitative estimate of drug-likeness (QED) is 0.379. The SMILES string of the molecule is CC1=C(C)SC(=C2SC3=C(SC(=C4SCCCS4)S3)S2)S1. The third-order valence-corrected chi connectivity index (χ3v) is 14.9. The molecule has 1 saturated heterocycles. The van der Waals surface area contributed by atoms with Crippen LogP contribution in [0, 0.1) is 0 Å². The summed E-state index contributed by atoms with van der Waals surface area (Å²) in [6.07, 6.45) is 1.36. The van der Waals surface area contributed by atoms with Crippen LogP contribution in [0.5, 0.6) is 0 Å². The van der Waals surface area contributed by atoms with Gasteiger partial charge in [-0.05, 0) is 41.6 Å². The molecule has 0 bridgehead atoms. The lowest BCUT2D eigenvalue weighted by Gasteiger charge is -2.15. The number of hydrogen-bond acceptors (Lipinski definition) is 8. The normalized spacial score (nSPS) is 26.6. The minimum atomic E-state index is 1.30. The maximum atomic E-state index is 2.23. The van der Waals surface area contributed by atoms with Crippen molar-refractivity contribution in [2.45, 2.75) is 20.3 Å². The molecule has 0 amide bonds. The molecule has 8 heteroatoms. The second-order valence-corrected chi connectivity index (χ2v) is 14.8. The minimum absolute atomic E-state index is 1.30. The molecule has 0 atom stereocenters. The first-order valence-electron chi connectivity index (χ1n) is 6.44. The minimum Gasteiger partial charge on any atom is -0.118 e. The highest BCUT2D eigenvalue weighted by Gasteiger charge is 2.34. The van der Waals surface area contributed by atoms with Gasteiger partial charge in [0.15, 0.2) is 0 Å². The Labute approximate surface area is 159 Å². The zero-order chi connectivity index (χ0) is 14.4. The van der Waals surface area contributed by atoms with Gasteiger partial charge in [0, 0.05) is 0 Å². The largest absolute Gasteiger partial charge is 0.118 e. The maximum absolute atomic E-state index is 2.23. The van der Waals surface area contributed by atoms with Crippen molar-refractivity contribution in [3.05, 3.63) is 35.2 Å². The fourth-order valence-corrected chi connectivity index (χ4v) is 14.1. The topological polar surface area (TPSA) is 0 Å². The van der Waals surface area contributed by atoms with E-state index in [1.165, 1.54) is 48.9 Å². The van der Waals surface area contributed by atoms with E-state index in [0.717, 1.165) is 0 Å². The average molecular weight is 425 g/mol. The molecule has 0 saturated carbocycles. The van der Waals surface area contributed by atoms with Crippen LogP contribution < -0.4 is 0 Å². The first-order chi connectivity index (χ1) is 10.2. The molecule has 0 aromatic heterocycles. The molecule has 0 aliphatic carbocycles. The highest BCUT2D eigenvalue weighted by atomic mass is 32.3. The van der Waals surface area contributed by atoms with Crippen molar-refractivity contribution < 1.29 is 0 Å². The zero-order valence-corrected chi connectivity index (χ0v) is 17.9. The van der Waals surface area contributed by atoms with E-state index >= 15 is 0 Å². The molecule has 0 aromatic carbocycles. The van der Waals surface area contributed by atoms with Crippen LogP contribution >= 0.6 is 94.1 Å². The number of hydrogen-bond donors (Lipinski definition) is 0. The van der Waals surface area contributed by atoms with Gasteiger partial charge in [0.1, 0.15) is 0 Å². The van der Waals surface area contributed by atoms with Crippen LogP contribution in [0.3, 0.4) is 0 Å². The number of allylic oxidation sites excluding steroid dienone is 2. The fourth-order valence-electron chi connectivity index (χ4n) is 1.83. The summed E-state index contributed by atoms with van der Waals surface area (Å²) in [5.41, 5.74) is 0. The molecule has 21 heavy (non-hydrogen) atoms. The Morgan fingerprint density at radius 2 is 0.905 bits per heavy atom. The molecule has 4 rings (SSSR count). The van der Waals surface area contributed by atoms with Crippen LogP contribution in [0.4, 0.5) is 0 Å². The van der Waals surface area contributed by atoms with E-state index in [1.807, 2.05) is 70.6 Å². The Bertz CT molecular complexity index is 578. The van der Waals surface area contributed by atoms with Crippen molar-refractivity contribution in [2.75, 3.05) is 11.5 Å². The van der Waals surface area contributed by atoms with E-state index in [2.05, 4.69) is 37.4 Å². The van der Waals surface area contributed by atoms with E-state index in [-0.39, 0.29) is 0 Å². The van der Waals surface area contributed by atoms with Crippen LogP contribution in [-0.2, 0) is 0 Å². The molecule has 4 heterocycles. The van der Waals surface area contributed by atoms with Gasteiger partial charge >= 0.3 is 0 Å². The Morgan fingerprint density at radius 1 is 0.524 bits per heavy atom. The van der Waals surface area contributed by atoms with Crippen molar-refractivity contribution in [3.63, 3.8) is 0 Å². The maximum Gasteiger partial charge on any atom is 0.0718 e. The molecular formula is C13H12S8. The van der Waals surface area contributed by atoms with E-state index in [4.69, 9.17) is 0 Å². The van der Waals surface area contributed by atoms with Crippen molar-refractivity contribution >= 4 is 94.1 Å². The molecule has 0 unspecified atom stereocenters. The van der Waals surface area contributed by atoms with Gasteiger partial charge < -0.3 is 0 Å². The Hall–Kier alpha value is 1.76. The van der Waals surface area contributed by atoms with Gasteiger partial charge in [0.2, 0.25) is 0 Å². The van der Waals surface area contributed by atoms with Crippen molar-refractivity contribution in [1.29, 1.82) is 0 Å². The summed E-state index contributed by atoms with van der Waals surface area (Å²) in [7, 11) is 0. The zero-order valence-electron chi connectivity index (χ0n) is 11.4. The van der Waals surface area contributed by atoms with Crippen LogP contribution in [0.1, 0.15) is 20.3 Å². The first-order valence-corrected chi connectivity index (χ1v) is 13.3. The van der Waals surface area contributed by atoms with E-state index in [1.54, 1.807) is 4.24 Å². The average Bonchev–Trinajstić information content (AvgIpc) is 3.13. The van der Waals surface area contributed by atoms with E-state index in [0.29, 0.717) is 0 Å². The number of thioether (sulfide) groups is 8. The lowest BCUT2D eigenvalue weighted by molar-refractivity contribution is 1.12. The molecule has 0 spiro atoms. The van der Waals surface area contributed by atoms with Gasteiger partial charge in [-0.2, -0.15) is 0 Å². The number of rotatable bonds is 0. The predicted octanol–water partition coefficient (Wildman–Crippen LogP) is 7.93. The molecule has 112 valence electrons. The second-order valence-electron chi connectivity index (χ2n) is 4.50. The summed E-state index contributed by atoms with van der Waals surface area (Å²) in [6.45, 7) is 4.46. The fraction of sp³-hybridized carbons (Fsp3) is 0.385. The Balaban J connectivity index is 1.46. The van der Waals surface area contributed by atoms with Crippen molar-refractivity contribution in [1.82, 2.24) is 0 Å². The smallest absolute Gasteiger partial charge is 0.0718 e. The van der Waals surface area contributed by atoms with Gasteiger partial charge in [-0.1, -0.05) is 70.6 Å². The van der Waals surface area contributed by atoms with E-state index in [9.17, 15) is 0 Å². The van der Waals surface area contributed by atoms with Gasteiger partial charge in [-0.15, -0.1) is 23.5 Å². The summed E-state index contributed by atoms with van der Waals surface area (Å²) in [4.78, 5) is 2.93. The lowest BCUT2D eigenvalue weighted by Crippen LogP contribution is -1.92. The molecule has 0 radical (unpaired) electrons. The molecule has 4 aliphatic heterocycles. The van der Waals surface area contributed by atoms with Crippen molar-refractivity contribution in [2.24, 2.45) is 0 Å². The predicted molar refractivity (Wildman–Crippen MR) is 115 cm³/mol. The Morgan fingerprint density at radius 3 is 1.38 bits per heavy atom. The summed E-state index contributed by atoms with van der Waals surface area (Å²) in [5.74, 6) is 2.59. The van der Waals surface area contributed by atoms with Gasteiger partial charge in [-0.25, -0.2) is 0 Å². The summed E-state index contributed by atoms with van der Waals surface area (Å²) >= 11 is 16.0. The van der Waals surface area contributed by atoms with Crippen LogP contribution in [0.15, 0.2) is 35.2 Å². The second kappa shape index (κ2) is 6.94. The third-order valence-electron chi connectivity index (χ3n) is 2.98. The van der Waals surface area contributed by atoms with E-state index < -0.39 is 0 Å². The van der Waals surface area contributed by atoms with Gasteiger partial charge in [-0.3, -0.25) is 0 Å². The molecule has 1 fully saturated rings. The molecule has 0 N–H and O–H groups in total. The molecular weight excluding hydrogens is 413 g/mol. The molecule has 0 aromatic rings. The third kappa shape index (κ3) is 3.43. The monoisotopic (exact) mass is 424 g/mol. The summed E-state index contributed by atoms with van der Waals surface area (Å²) < 4.78 is 9.13. The van der Waals surface area contributed by atoms with Crippen LogP contribution in [-0.4, -0.2) is 11.5 Å². The summed E-state index contributed by atoms with van der Waals surface area (Å²) in [5, 5.41) is 0. The highest BCUT2D eigenvalue weighted by Crippen LogP contribution is 2.70. The summed E-state index contributed by atoms with van der Waals surface area (Å²) in [6, 6.07) is 0. The van der Waals surface area contributed by atoms with Crippen LogP contribution in [0.2, 0.25) is 0 Å². The van der Waals surface area contributed by atoms with Crippen molar-refractivity contribution in [3.8, 4) is 0 Å². The van der Waals surface area contributed by atoms with Gasteiger partial charge in [0.05, 0.1) is 25.4 Å². The first kappa shape index (κ1) is 16.2. The molecule has 0 nitrogen and oxygen atoms in total. The lowest BCUT2D eigenvalue weighted by atomic mass is 10.6. The molecule has 4 aliphatic rings.